The van der Waals surface area contributed by atoms with Crippen LogP contribution in [0.3, 0.4) is 0 Å². The first kappa shape index (κ1) is 28.0. The fraction of sp³-hybridized carbons (Fsp3) is 0.483. The minimum absolute atomic E-state index is 0.0873. The maximum atomic E-state index is 13.4. The van der Waals surface area contributed by atoms with Crippen molar-refractivity contribution in [2.75, 3.05) is 6.54 Å². The van der Waals surface area contributed by atoms with Gasteiger partial charge in [0.2, 0.25) is 5.78 Å². The van der Waals surface area contributed by atoms with Gasteiger partial charge in [-0.15, -0.1) is 0 Å². The summed E-state index contributed by atoms with van der Waals surface area (Å²) < 4.78 is 5.31. The molecule has 1 aromatic carbocycles. The number of Topliss-reactive ketones (excluding diaryl/α,β-unsaturated/α-hetero) is 2. The molecule has 1 aliphatic rings. The number of amides is 2. The number of nitrogens with zero attached hydrogens (tertiary/aromatic N) is 1. The summed E-state index contributed by atoms with van der Waals surface area (Å²) in [6.07, 6.45) is 6.57. The Morgan fingerprint density at radius 1 is 1.08 bits per heavy atom. The van der Waals surface area contributed by atoms with E-state index >= 15 is 0 Å². The zero-order chi connectivity index (χ0) is 26.6. The van der Waals surface area contributed by atoms with E-state index in [0.29, 0.717) is 25.8 Å². The number of ether oxygens (including phenoxy) is 1. The zero-order valence-corrected chi connectivity index (χ0v) is 21.7. The summed E-state index contributed by atoms with van der Waals surface area (Å²) in [7, 11) is 0. The number of hydrogen-bond acceptors (Lipinski definition) is 6. The molecule has 198 valence electrons. The molecule has 8 heteroatoms. The molecule has 0 spiro atoms. The van der Waals surface area contributed by atoms with Gasteiger partial charge in [-0.1, -0.05) is 44.2 Å². The summed E-state index contributed by atoms with van der Waals surface area (Å²) in [5.41, 5.74) is 3.05. The third-order valence-corrected chi connectivity index (χ3v) is 6.57. The van der Waals surface area contributed by atoms with Crippen molar-refractivity contribution in [1.29, 1.82) is 0 Å². The van der Waals surface area contributed by atoms with Crippen molar-refractivity contribution < 1.29 is 23.9 Å². The van der Waals surface area contributed by atoms with Crippen LogP contribution in [-0.4, -0.2) is 41.1 Å². The molecule has 2 atom stereocenters. The Morgan fingerprint density at radius 2 is 1.86 bits per heavy atom. The average molecular weight is 508 g/mol. The Bertz CT molecular complexity index is 1070. The molecule has 2 unspecified atom stereocenters. The van der Waals surface area contributed by atoms with Crippen LogP contribution in [0.1, 0.15) is 62.6 Å². The van der Waals surface area contributed by atoms with Crippen molar-refractivity contribution in [3.8, 4) is 0 Å². The number of carbonyl (C=O) groups is 4. The lowest BCUT2D eigenvalue weighted by Crippen LogP contribution is -2.44. The Morgan fingerprint density at radius 3 is 2.62 bits per heavy atom. The van der Waals surface area contributed by atoms with Crippen LogP contribution in [0.25, 0.3) is 0 Å². The van der Waals surface area contributed by atoms with Crippen LogP contribution in [0.15, 0.2) is 48.8 Å². The Hall–Kier alpha value is -3.55. The highest BCUT2D eigenvalue weighted by molar-refractivity contribution is 6.37. The van der Waals surface area contributed by atoms with E-state index in [4.69, 9.17) is 4.74 Å². The SMILES string of the molecule is CC(C)CC(NC(=O)OCc1ccccc1)C(=O)CC1CCc2cnccc2CCCCNC(=O)C1=O. The van der Waals surface area contributed by atoms with E-state index in [1.807, 2.05) is 50.2 Å². The molecular weight excluding hydrogens is 470 g/mol. The molecule has 0 bridgehead atoms. The van der Waals surface area contributed by atoms with E-state index < -0.39 is 29.7 Å². The van der Waals surface area contributed by atoms with Gasteiger partial charge >= 0.3 is 6.09 Å². The molecule has 0 aliphatic carbocycles. The second-order valence-electron chi connectivity index (χ2n) is 10.0. The second kappa shape index (κ2) is 14.3. The predicted octanol–water partition coefficient (Wildman–Crippen LogP) is 3.95. The highest BCUT2D eigenvalue weighted by Gasteiger charge is 2.31. The van der Waals surface area contributed by atoms with Gasteiger partial charge in [-0.2, -0.15) is 0 Å². The molecule has 8 nitrogen and oxygen atoms in total. The van der Waals surface area contributed by atoms with Crippen LogP contribution >= 0.6 is 0 Å². The number of alkyl carbamates (subject to hydrolysis) is 1. The van der Waals surface area contributed by atoms with Gasteiger partial charge < -0.3 is 15.4 Å². The molecule has 0 fully saturated rings. The summed E-state index contributed by atoms with van der Waals surface area (Å²) in [6.45, 7) is 4.41. The van der Waals surface area contributed by atoms with Gasteiger partial charge in [-0.3, -0.25) is 19.4 Å². The fourth-order valence-electron chi connectivity index (χ4n) is 4.53. The monoisotopic (exact) mass is 507 g/mol. The molecule has 37 heavy (non-hydrogen) atoms. The number of ketones is 2. The highest BCUT2D eigenvalue weighted by atomic mass is 16.5. The molecule has 1 aromatic heterocycles. The maximum Gasteiger partial charge on any atom is 0.408 e. The van der Waals surface area contributed by atoms with Gasteiger partial charge in [0.1, 0.15) is 6.61 Å². The Balaban J connectivity index is 1.70. The standard InChI is InChI=1S/C29H37N3O5/c1-20(2)16-25(32-29(36)37-19-21-8-4-3-5-9-21)26(33)17-23-11-12-24-18-30-15-13-22(24)10-6-7-14-31-28(35)27(23)34/h3-5,8-9,13,15,18,20,23,25H,6-7,10-12,14,16-17,19H2,1-2H3,(H,31,35)(H,32,36). The topological polar surface area (TPSA) is 114 Å². The number of aryl methyl sites for hydroxylation is 2. The molecule has 2 amide bonds. The molecule has 2 N–H and O–H groups in total. The summed E-state index contributed by atoms with van der Waals surface area (Å²) >= 11 is 0. The summed E-state index contributed by atoms with van der Waals surface area (Å²) in [5.74, 6) is -2.18. The second-order valence-corrected chi connectivity index (χ2v) is 10.0. The molecule has 3 rings (SSSR count). The van der Waals surface area contributed by atoms with Gasteiger partial charge in [0.25, 0.3) is 5.91 Å². The van der Waals surface area contributed by atoms with Gasteiger partial charge in [0.05, 0.1) is 6.04 Å². The molecule has 2 aromatic rings. The third-order valence-electron chi connectivity index (χ3n) is 6.57. The number of fused-ring (bicyclic) bond motifs is 1. The third kappa shape index (κ3) is 9.12. The zero-order valence-electron chi connectivity index (χ0n) is 21.7. The summed E-state index contributed by atoms with van der Waals surface area (Å²) in [4.78, 5) is 55.7. The fourth-order valence-corrected chi connectivity index (χ4v) is 4.53. The molecule has 0 saturated heterocycles. The van der Waals surface area contributed by atoms with Crippen LogP contribution in [0, 0.1) is 11.8 Å². The van der Waals surface area contributed by atoms with E-state index in [1.165, 1.54) is 5.56 Å². The quantitative estimate of drug-likeness (QED) is 0.523. The lowest BCUT2D eigenvalue weighted by molar-refractivity contribution is -0.141. The van der Waals surface area contributed by atoms with Crippen molar-refractivity contribution in [3.63, 3.8) is 0 Å². The minimum atomic E-state index is -0.811. The highest BCUT2D eigenvalue weighted by Crippen LogP contribution is 2.21. The first-order valence-electron chi connectivity index (χ1n) is 13.1. The van der Waals surface area contributed by atoms with Crippen molar-refractivity contribution in [2.45, 2.75) is 71.4 Å². The number of carbonyl (C=O) groups excluding carboxylic acids is 4. The van der Waals surface area contributed by atoms with E-state index in [9.17, 15) is 19.2 Å². The molecule has 0 radical (unpaired) electrons. The van der Waals surface area contributed by atoms with Gasteiger partial charge in [-0.25, -0.2) is 4.79 Å². The minimum Gasteiger partial charge on any atom is -0.445 e. The molecular formula is C29H37N3O5. The maximum absolute atomic E-state index is 13.4. The number of hydrogen-bond donors (Lipinski definition) is 2. The first-order valence-corrected chi connectivity index (χ1v) is 13.1. The van der Waals surface area contributed by atoms with E-state index in [0.717, 1.165) is 30.4 Å². The smallest absolute Gasteiger partial charge is 0.408 e. The van der Waals surface area contributed by atoms with Crippen LogP contribution in [0.2, 0.25) is 0 Å². The van der Waals surface area contributed by atoms with E-state index in [2.05, 4.69) is 15.6 Å². The Labute approximate surface area is 218 Å². The van der Waals surface area contributed by atoms with Crippen molar-refractivity contribution in [2.24, 2.45) is 11.8 Å². The van der Waals surface area contributed by atoms with Crippen molar-refractivity contribution in [3.05, 3.63) is 65.5 Å². The van der Waals surface area contributed by atoms with Gasteiger partial charge in [0.15, 0.2) is 5.78 Å². The first-order chi connectivity index (χ1) is 17.8. The largest absolute Gasteiger partial charge is 0.445 e. The normalized spacial score (nSPS) is 17.5. The average Bonchev–Trinajstić information content (AvgIpc) is 2.89. The lowest BCUT2D eigenvalue weighted by Gasteiger charge is -2.22. The predicted molar refractivity (Wildman–Crippen MR) is 140 cm³/mol. The summed E-state index contributed by atoms with van der Waals surface area (Å²) in [5, 5.41) is 5.39. The van der Waals surface area contributed by atoms with E-state index in [1.54, 1.807) is 12.4 Å². The molecule has 1 aliphatic heterocycles. The summed E-state index contributed by atoms with van der Waals surface area (Å²) in [6, 6.07) is 10.5. The number of nitrogens with one attached hydrogen (secondary N) is 2. The van der Waals surface area contributed by atoms with Crippen molar-refractivity contribution in [1.82, 2.24) is 15.6 Å². The van der Waals surface area contributed by atoms with Gasteiger partial charge in [-0.05, 0) is 67.2 Å². The van der Waals surface area contributed by atoms with Crippen LogP contribution in [0.4, 0.5) is 4.79 Å². The number of pyridine rings is 1. The van der Waals surface area contributed by atoms with E-state index in [-0.39, 0.29) is 24.7 Å². The van der Waals surface area contributed by atoms with Crippen LogP contribution in [-0.2, 0) is 38.6 Å². The molecule has 2 heterocycles. The van der Waals surface area contributed by atoms with Crippen LogP contribution < -0.4 is 10.6 Å². The number of benzene rings is 1. The van der Waals surface area contributed by atoms with Crippen molar-refractivity contribution >= 4 is 23.6 Å². The Kier molecular flexibility index (Phi) is 10.8. The van der Waals surface area contributed by atoms with Gasteiger partial charge in [0, 0.05) is 31.3 Å². The number of rotatable bonds is 8. The number of aromatic nitrogens is 1. The lowest BCUT2D eigenvalue weighted by atomic mass is 9.86. The molecule has 0 saturated carbocycles. The van der Waals surface area contributed by atoms with Crippen LogP contribution in [0.5, 0.6) is 0 Å².